The summed E-state index contributed by atoms with van der Waals surface area (Å²) in [5, 5.41) is 25.7. The zero-order valence-electron chi connectivity index (χ0n) is 29.0. The highest BCUT2D eigenvalue weighted by Gasteiger charge is 2.57. The number of nitriles is 1. The highest BCUT2D eigenvalue weighted by molar-refractivity contribution is 5.91. The molecule has 1 saturated heterocycles. The Morgan fingerprint density at radius 3 is 2.61 bits per heavy atom. The summed E-state index contributed by atoms with van der Waals surface area (Å²) in [5.41, 5.74) is 5.25. The minimum Gasteiger partial charge on any atom is -0.504 e. The van der Waals surface area contributed by atoms with Crippen LogP contribution in [0.1, 0.15) is 51.0 Å². The van der Waals surface area contributed by atoms with E-state index in [-0.39, 0.29) is 43.4 Å². The Balaban J connectivity index is 1.39. The number of hydrogen-bond donors (Lipinski definition) is 2. The van der Waals surface area contributed by atoms with Crippen LogP contribution in [-0.2, 0) is 22.4 Å². The summed E-state index contributed by atoms with van der Waals surface area (Å²) in [5.74, 6) is 1.31. The van der Waals surface area contributed by atoms with E-state index in [1.165, 1.54) is 19.3 Å². The summed E-state index contributed by atoms with van der Waals surface area (Å²) in [6, 6.07) is 11.8. The van der Waals surface area contributed by atoms with Crippen LogP contribution in [0.2, 0.25) is 0 Å². The number of hydrogen-bond acceptors (Lipinski definition) is 11. The van der Waals surface area contributed by atoms with Crippen LogP contribution in [0.5, 0.6) is 28.7 Å². The van der Waals surface area contributed by atoms with Crippen molar-refractivity contribution in [1.29, 1.82) is 5.26 Å². The molecule has 1 fully saturated rings. The van der Waals surface area contributed by atoms with Crippen molar-refractivity contribution in [2.24, 2.45) is 0 Å². The summed E-state index contributed by atoms with van der Waals surface area (Å²) in [7, 11) is 3.51. The normalized spacial score (nSPS) is 23.0. The SMILES string of the molecule is C=CCOC(=O)Oc1c(C)c2c(c3c1CC1[C@@H]4c5c(cc(C)c(OC)c5O)C[C@@H]([C@H](C#N)N1[C@H]3CNC(=O)/C=C/c1ccccc1)N4C)OCO2. The lowest BCUT2D eigenvalue weighted by atomic mass is 9.71. The molecule has 12 nitrogen and oxygen atoms in total. The van der Waals surface area contributed by atoms with Gasteiger partial charge in [0, 0.05) is 47.0 Å². The molecular formula is C39H40N4O8. The van der Waals surface area contributed by atoms with E-state index < -0.39 is 30.3 Å². The zero-order chi connectivity index (χ0) is 36.0. The molecular weight excluding hydrogens is 652 g/mol. The first-order valence-corrected chi connectivity index (χ1v) is 16.9. The van der Waals surface area contributed by atoms with E-state index in [1.807, 2.05) is 50.4 Å². The van der Waals surface area contributed by atoms with Gasteiger partial charge in [0.2, 0.25) is 12.7 Å². The molecule has 0 spiro atoms. The average molecular weight is 693 g/mol. The molecule has 51 heavy (non-hydrogen) atoms. The number of ether oxygens (including phenoxy) is 5. The van der Waals surface area contributed by atoms with Crippen LogP contribution >= 0.6 is 0 Å². The standard InChI is InChI=1S/C39H40N4O8/c1-6-14-48-39(46)51-36-22(3)37-38(50-20-49-37)32-25(36)17-27-33-31-24(15-21(2)35(47-5)34(31)45)16-26(42(33)4)28(18-40)43(27)29(32)19-41-30(44)13-12-23-10-8-7-9-11-23/h6-13,15,26-29,33,45H,1,14,16-17,19-20H2,2-5H3,(H,41,44)/b13-12+/t26-,27?,28-,29-,33+/m0/s1. The van der Waals surface area contributed by atoms with E-state index in [0.717, 1.165) is 22.3 Å². The van der Waals surface area contributed by atoms with Crippen molar-refractivity contribution in [2.75, 3.05) is 34.1 Å². The number of nitrogens with one attached hydrogen (secondary N) is 1. The number of phenols is 1. The molecule has 3 aromatic carbocycles. The van der Waals surface area contributed by atoms with Crippen molar-refractivity contribution in [1.82, 2.24) is 15.1 Å². The fraction of sp³-hybridized carbons (Fsp3) is 0.359. The number of aromatic hydroxyl groups is 1. The summed E-state index contributed by atoms with van der Waals surface area (Å²) in [6.07, 6.45) is 4.58. The number of methoxy groups -OCH3 is 1. The first-order chi connectivity index (χ1) is 24.7. The Hall–Kier alpha value is -5.51. The van der Waals surface area contributed by atoms with Crippen molar-refractivity contribution in [3.05, 3.63) is 94.1 Å². The number of aryl methyl sites for hydroxylation is 1. The van der Waals surface area contributed by atoms with Gasteiger partial charge in [0.25, 0.3) is 0 Å². The average Bonchev–Trinajstić information content (AvgIpc) is 3.62. The van der Waals surface area contributed by atoms with E-state index in [9.17, 15) is 20.0 Å². The molecule has 5 atom stereocenters. The van der Waals surface area contributed by atoms with E-state index in [4.69, 9.17) is 23.7 Å². The Bertz CT molecular complexity index is 1970. The van der Waals surface area contributed by atoms with Crippen LogP contribution in [0.25, 0.3) is 6.08 Å². The second-order valence-electron chi connectivity index (χ2n) is 13.2. The molecule has 1 amide bonds. The van der Waals surface area contributed by atoms with Gasteiger partial charge in [-0.1, -0.05) is 49.1 Å². The van der Waals surface area contributed by atoms with Crippen molar-refractivity contribution in [3.63, 3.8) is 0 Å². The number of carbonyl (C=O) groups is 2. The third-order valence-corrected chi connectivity index (χ3v) is 10.5. The van der Waals surface area contributed by atoms with Gasteiger partial charge in [-0.05, 0) is 56.5 Å². The van der Waals surface area contributed by atoms with Gasteiger partial charge in [0.15, 0.2) is 23.0 Å². The molecule has 4 aliphatic heterocycles. The van der Waals surface area contributed by atoms with Crippen LogP contribution in [0.15, 0.2) is 55.1 Å². The number of amides is 1. The van der Waals surface area contributed by atoms with Crippen LogP contribution in [-0.4, -0.2) is 79.2 Å². The third-order valence-electron chi connectivity index (χ3n) is 10.5. The minimum atomic E-state index is -0.908. The number of fused-ring (bicyclic) bond motifs is 9. The lowest BCUT2D eigenvalue weighted by Crippen LogP contribution is -2.68. The van der Waals surface area contributed by atoms with E-state index in [2.05, 4.69) is 27.8 Å². The first-order valence-electron chi connectivity index (χ1n) is 16.9. The number of nitrogens with zero attached hydrogens (tertiary/aromatic N) is 3. The van der Waals surface area contributed by atoms with Gasteiger partial charge >= 0.3 is 6.16 Å². The number of phenolic OH excluding ortho intramolecular Hbond substituents is 1. The molecule has 12 heteroatoms. The van der Waals surface area contributed by atoms with Crippen molar-refractivity contribution in [2.45, 2.75) is 56.9 Å². The van der Waals surface area contributed by atoms with E-state index in [1.54, 1.807) is 13.0 Å². The van der Waals surface area contributed by atoms with Gasteiger partial charge < -0.3 is 34.1 Å². The summed E-state index contributed by atoms with van der Waals surface area (Å²) >= 11 is 0. The van der Waals surface area contributed by atoms with Gasteiger partial charge in [-0.3, -0.25) is 14.6 Å². The quantitative estimate of drug-likeness (QED) is 0.142. The smallest absolute Gasteiger partial charge is 0.504 e. The number of benzene rings is 3. The monoisotopic (exact) mass is 692 g/mol. The highest BCUT2D eigenvalue weighted by atomic mass is 16.7. The van der Waals surface area contributed by atoms with Gasteiger partial charge in [0.1, 0.15) is 18.4 Å². The molecule has 3 aromatic rings. The second kappa shape index (κ2) is 13.7. The molecule has 7 rings (SSSR count). The maximum atomic E-state index is 13.4. The maximum absolute atomic E-state index is 13.4. The number of rotatable bonds is 8. The fourth-order valence-corrected chi connectivity index (χ4v) is 8.40. The lowest BCUT2D eigenvalue weighted by molar-refractivity contribution is -0.117. The number of likely N-dealkylation sites (N-methyl/N-ethyl adjacent to an activating group) is 1. The molecule has 0 saturated carbocycles. The molecule has 264 valence electrons. The van der Waals surface area contributed by atoms with Crippen molar-refractivity contribution < 1.29 is 38.4 Å². The van der Waals surface area contributed by atoms with Crippen LogP contribution in [0, 0.1) is 25.2 Å². The Morgan fingerprint density at radius 2 is 1.88 bits per heavy atom. The van der Waals surface area contributed by atoms with Gasteiger partial charge in [-0.2, -0.15) is 5.26 Å². The molecule has 0 aliphatic carbocycles. The van der Waals surface area contributed by atoms with Crippen LogP contribution in [0.4, 0.5) is 4.79 Å². The van der Waals surface area contributed by atoms with Crippen molar-refractivity contribution >= 4 is 18.1 Å². The number of carbonyl (C=O) groups excluding carboxylic acids is 2. The predicted octanol–water partition coefficient (Wildman–Crippen LogP) is 5.05. The predicted molar refractivity (Wildman–Crippen MR) is 187 cm³/mol. The largest absolute Gasteiger partial charge is 0.514 e. The zero-order valence-corrected chi connectivity index (χ0v) is 29.0. The maximum Gasteiger partial charge on any atom is 0.514 e. The Labute approximate surface area is 296 Å². The molecule has 2 bridgehead atoms. The summed E-state index contributed by atoms with van der Waals surface area (Å²) in [4.78, 5) is 30.6. The van der Waals surface area contributed by atoms with Crippen LogP contribution in [0.3, 0.4) is 0 Å². The van der Waals surface area contributed by atoms with Gasteiger partial charge in [-0.15, -0.1) is 0 Å². The topological polar surface area (TPSA) is 143 Å². The third kappa shape index (κ3) is 5.72. The summed E-state index contributed by atoms with van der Waals surface area (Å²) < 4.78 is 28.9. The minimum absolute atomic E-state index is 0.0401. The van der Waals surface area contributed by atoms with Crippen LogP contribution < -0.4 is 24.3 Å². The van der Waals surface area contributed by atoms with E-state index >= 15 is 0 Å². The second-order valence-corrected chi connectivity index (χ2v) is 13.2. The molecule has 4 aliphatic rings. The molecule has 0 aromatic heterocycles. The molecule has 1 unspecified atom stereocenters. The van der Waals surface area contributed by atoms with E-state index in [0.29, 0.717) is 46.8 Å². The molecule has 0 radical (unpaired) electrons. The summed E-state index contributed by atoms with van der Waals surface area (Å²) in [6.45, 7) is 7.30. The Morgan fingerprint density at radius 1 is 1.12 bits per heavy atom. The molecule has 4 heterocycles. The van der Waals surface area contributed by atoms with Gasteiger partial charge in [0.05, 0.1) is 25.3 Å². The van der Waals surface area contributed by atoms with Gasteiger partial charge in [-0.25, -0.2) is 4.79 Å². The molecule has 2 N–H and O–H groups in total. The fourth-order valence-electron chi connectivity index (χ4n) is 8.40. The highest BCUT2D eigenvalue weighted by Crippen LogP contribution is 2.58. The first kappa shape index (κ1) is 34.0. The van der Waals surface area contributed by atoms with Crippen molar-refractivity contribution in [3.8, 4) is 34.8 Å². The number of piperazine rings is 1. The lowest BCUT2D eigenvalue weighted by Gasteiger charge is -2.60. The Kier molecular flexibility index (Phi) is 9.10.